The standard InChI is InChI=1S/C18H29ClN2/c1-4-12-20-14(3)15-10-11-18(17(19)13-15)21(5-2)16-8-6-7-9-16/h10-11,13-14,16,20H,4-9,12H2,1-3H3. The first kappa shape index (κ1) is 16.6. The van der Waals surface area contributed by atoms with Crippen LogP contribution in [0.1, 0.15) is 64.5 Å². The van der Waals surface area contributed by atoms with Crippen LogP contribution in [0.15, 0.2) is 18.2 Å². The Morgan fingerprint density at radius 2 is 2.00 bits per heavy atom. The highest BCUT2D eigenvalue weighted by Gasteiger charge is 2.23. The second-order valence-corrected chi connectivity index (χ2v) is 6.52. The molecule has 2 rings (SSSR count). The number of nitrogens with one attached hydrogen (secondary N) is 1. The largest absolute Gasteiger partial charge is 0.368 e. The summed E-state index contributed by atoms with van der Waals surface area (Å²) in [7, 11) is 0. The highest BCUT2D eigenvalue weighted by Crippen LogP contribution is 2.34. The molecule has 0 spiro atoms. The van der Waals surface area contributed by atoms with Crippen molar-refractivity contribution in [1.29, 1.82) is 0 Å². The van der Waals surface area contributed by atoms with Crippen molar-refractivity contribution in [2.24, 2.45) is 0 Å². The zero-order valence-electron chi connectivity index (χ0n) is 13.7. The van der Waals surface area contributed by atoms with Crippen molar-refractivity contribution in [1.82, 2.24) is 5.32 Å². The predicted molar refractivity (Wildman–Crippen MR) is 93.4 cm³/mol. The molecule has 1 atom stereocenters. The summed E-state index contributed by atoms with van der Waals surface area (Å²) in [5.41, 5.74) is 2.48. The van der Waals surface area contributed by atoms with Crippen molar-refractivity contribution in [2.75, 3.05) is 18.0 Å². The Kier molecular flexibility index (Phi) is 6.38. The van der Waals surface area contributed by atoms with Gasteiger partial charge < -0.3 is 10.2 Å². The van der Waals surface area contributed by atoms with E-state index in [2.05, 4.69) is 49.2 Å². The minimum atomic E-state index is 0.359. The summed E-state index contributed by atoms with van der Waals surface area (Å²) in [6, 6.07) is 7.62. The third-order valence-corrected chi connectivity index (χ3v) is 4.89. The third kappa shape index (κ3) is 4.14. The quantitative estimate of drug-likeness (QED) is 0.747. The fraction of sp³-hybridized carbons (Fsp3) is 0.667. The van der Waals surface area contributed by atoms with Gasteiger partial charge in [-0.1, -0.05) is 37.4 Å². The molecular formula is C18H29ClN2. The van der Waals surface area contributed by atoms with Crippen LogP contribution in [0.2, 0.25) is 5.02 Å². The second kappa shape index (κ2) is 8.05. The van der Waals surface area contributed by atoms with Crippen molar-refractivity contribution >= 4 is 17.3 Å². The van der Waals surface area contributed by atoms with Crippen molar-refractivity contribution in [2.45, 2.75) is 65.0 Å². The number of hydrogen-bond acceptors (Lipinski definition) is 2. The maximum atomic E-state index is 6.59. The number of benzene rings is 1. The van der Waals surface area contributed by atoms with Crippen molar-refractivity contribution in [3.8, 4) is 0 Å². The van der Waals surface area contributed by atoms with E-state index in [1.807, 2.05) is 0 Å². The molecule has 21 heavy (non-hydrogen) atoms. The number of nitrogens with zero attached hydrogens (tertiary/aromatic N) is 1. The zero-order valence-corrected chi connectivity index (χ0v) is 14.4. The van der Waals surface area contributed by atoms with Gasteiger partial charge in [-0.15, -0.1) is 0 Å². The van der Waals surface area contributed by atoms with Crippen LogP contribution in [0.3, 0.4) is 0 Å². The highest BCUT2D eigenvalue weighted by atomic mass is 35.5. The molecule has 0 aliphatic heterocycles. The molecule has 1 aliphatic rings. The maximum absolute atomic E-state index is 6.59. The van der Waals surface area contributed by atoms with Crippen LogP contribution in [0.25, 0.3) is 0 Å². The average Bonchev–Trinajstić information content (AvgIpc) is 3.01. The lowest BCUT2D eigenvalue weighted by atomic mass is 10.1. The van der Waals surface area contributed by atoms with E-state index in [1.165, 1.54) is 36.9 Å². The topological polar surface area (TPSA) is 15.3 Å². The highest BCUT2D eigenvalue weighted by molar-refractivity contribution is 6.33. The maximum Gasteiger partial charge on any atom is 0.0642 e. The first-order valence-corrected chi connectivity index (χ1v) is 8.84. The van der Waals surface area contributed by atoms with Gasteiger partial charge in [-0.2, -0.15) is 0 Å². The lowest BCUT2D eigenvalue weighted by Crippen LogP contribution is -2.33. The fourth-order valence-corrected chi connectivity index (χ4v) is 3.64. The van der Waals surface area contributed by atoms with Crippen molar-refractivity contribution < 1.29 is 0 Å². The molecule has 1 unspecified atom stereocenters. The molecule has 1 aromatic rings. The van der Waals surface area contributed by atoms with E-state index >= 15 is 0 Å². The van der Waals surface area contributed by atoms with Gasteiger partial charge >= 0.3 is 0 Å². The molecule has 1 aliphatic carbocycles. The Bertz CT molecular complexity index is 441. The van der Waals surface area contributed by atoms with Crippen molar-refractivity contribution in [3.63, 3.8) is 0 Å². The molecule has 1 fully saturated rings. The molecular weight excluding hydrogens is 280 g/mol. The Morgan fingerprint density at radius 3 is 2.57 bits per heavy atom. The first-order valence-electron chi connectivity index (χ1n) is 8.46. The summed E-state index contributed by atoms with van der Waals surface area (Å²) in [6.07, 6.45) is 6.48. The first-order chi connectivity index (χ1) is 10.2. The summed E-state index contributed by atoms with van der Waals surface area (Å²) in [5.74, 6) is 0. The number of halogens is 1. The van der Waals surface area contributed by atoms with Gasteiger partial charge in [0, 0.05) is 18.6 Å². The van der Waals surface area contributed by atoms with Gasteiger partial charge in [-0.05, 0) is 57.4 Å². The van der Waals surface area contributed by atoms with E-state index in [0.29, 0.717) is 12.1 Å². The fourth-order valence-electron chi connectivity index (χ4n) is 3.35. The Hall–Kier alpha value is -0.730. The number of rotatable bonds is 7. The third-order valence-electron chi connectivity index (χ3n) is 4.59. The lowest BCUT2D eigenvalue weighted by molar-refractivity contribution is 0.570. The monoisotopic (exact) mass is 308 g/mol. The Morgan fingerprint density at radius 1 is 1.29 bits per heavy atom. The molecule has 0 radical (unpaired) electrons. The van der Waals surface area contributed by atoms with Crippen LogP contribution in [0.5, 0.6) is 0 Å². The Balaban J connectivity index is 2.13. The van der Waals surface area contributed by atoms with E-state index in [1.54, 1.807) is 0 Å². The molecule has 0 amide bonds. The molecule has 1 saturated carbocycles. The number of hydrogen-bond donors (Lipinski definition) is 1. The van der Waals surface area contributed by atoms with Gasteiger partial charge in [0.1, 0.15) is 0 Å². The lowest BCUT2D eigenvalue weighted by Gasteiger charge is -2.31. The molecule has 118 valence electrons. The molecule has 3 heteroatoms. The normalized spacial score (nSPS) is 17.1. The van der Waals surface area contributed by atoms with E-state index in [9.17, 15) is 0 Å². The van der Waals surface area contributed by atoms with Gasteiger partial charge in [0.2, 0.25) is 0 Å². The molecule has 2 nitrogen and oxygen atoms in total. The molecule has 1 aromatic carbocycles. The van der Waals surface area contributed by atoms with Crippen LogP contribution in [-0.2, 0) is 0 Å². The van der Waals surface area contributed by atoms with E-state index in [-0.39, 0.29) is 0 Å². The number of anilines is 1. The summed E-state index contributed by atoms with van der Waals surface area (Å²) in [4.78, 5) is 2.49. The molecule has 0 heterocycles. The summed E-state index contributed by atoms with van der Waals surface area (Å²) in [5, 5.41) is 4.42. The minimum absolute atomic E-state index is 0.359. The minimum Gasteiger partial charge on any atom is -0.368 e. The van der Waals surface area contributed by atoms with Crippen LogP contribution in [0, 0.1) is 0 Å². The van der Waals surface area contributed by atoms with Crippen LogP contribution < -0.4 is 10.2 Å². The molecule has 1 N–H and O–H groups in total. The van der Waals surface area contributed by atoms with Gasteiger partial charge in [0.05, 0.1) is 10.7 Å². The van der Waals surface area contributed by atoms with E-state index in [0.717, 1.165) is 24.5 Å². The van der Waals surface area contributed by atoms with Gasteiger partial charge in [-0.25, -0.2) is 0 Å². The average molecular weight is 309 g/mol. The molecule has 0 aromatic heterocycles. The smallest absolute Gasteiger partial charge is 0.0642 e. The van der Waals surface area contributed by atoms with Gasteiger partial charge in [0.15, 0.2) is 0 Å². The second-order valence-electron chi connectivity index (χ2n) is 6.11. The summed E-state index contributed by atoms with van der Waals surface area (Å²) in [6.45, 7) is 8.71. The van der Waals surface area contributed by atoms with E-state index in [4.69, 9.17) is 11.6 Å². The summed E-state index contributed by atoms with van der Waals surface area (Å²) < 4.78 is 0. The van der Waals surface area contributed by atoms with Crippen LogP contribution in [-0.4, -0.2) is 19.1 Å². The van der Waals surface area contributed by atoms with Gasteiger partial charge in [-0.3, -0.25) is 0 Å². The van der Waals surface area contributed by atoms with Crippen LogP contribution in [0.4, 0.5) is 5.69 Å². The van der Waals surface area contributed by atoms with Crippen LogP contribution >= 0.6 is 11.6 Å². The summed E-state index contributed by atoms with van der Waals surface area (Å²) >= 11 is 6.59. The predicted octanol–water partition coefficient (Wildman–Crippen LogP) is 5.17. The van der Waals surface area contributed by atoms with E-state index < -0.39 is 0 Å². The molecule has 0 bridgehead atoms. The SMILES string of the molecule is CCCNC(C)c1ccc(N(CC)C2CCCC2)c(Cl)c1. The van der Waals surface area contributed by atoms with Crippen molar-refractivity contribution in [3.05, 3.63) is 28.8 Å². The molecule has 0 saturated heterocycles. The Labute approximate surface area is 134 Å². The zero-order chi connectivity index (χ0) is 15.2. The van der Waals surface area contributed by atoms with Gasteiger partial charge in [0.25, 0.3) is 0 Å².